The molecule has 0 bridgehead atoms. The van der Waals surface area contributed by atoms with E-state index in [1.54, 1.807) is 37.3 Å². The first-order chi connectivity index (χ1) is 10.5. The van der Waals surface area contributed by atoms with Crippen molar-refractivity contribution in [2.45, 2.75) is 20.8 Å². The van der Waals surface area contributed by atoms with Crippen molar-refractivity contribution in [2.75, 3.05) is 11.9 Å². The third kappa shape index (κ3) is 3.97. The third-order valence-corrected chi connectivity index (χ3v) is 3.16. The molecule has 5 heteroatoms. The molecule has 0 aliphatic carbocycles. The Kier molecular flexibility index (Phi) is 4.99. The molecule has 0 spiro atoms. The van der Waals surface area contributed by atoms with Gasteiger partial charge in [0, 0.05) is 17.8 Å². The lowest BCUT2D eigenvalue weighted by Gasteiger charge is -2.09. The van der Waals surface area contributed by atoms with E-state index in [0.717, 1.165) is 0 Å². The second kappa shape index (κ2) is 6.93. The van der Waals surface area contributed by atoms with Crippen molar-refractivity contribution in [2.24, 2.45) is 5.92 Å². The molecule has 0 saturated carbocycles. The van der Waals surface area contributed by atoms with E-state index in [2.05, 4.69) is 10.6 Å². The highest BCUT2D eigenvalue weighted by molar-refractivity contribution is 6.05. The fourth-order valence-electron chi connectivity index (χ4n) is 1.96. The van der Waals surface area contributed by atoms with Gasteiger partial charge in [0.05, 0.1) is 11.8 Å². The number of benzene rings is 1. The first-order valence-corrected chi connectivity index (χ1v) is 7.21. The molecule has 0 aliphatic heterocycles. The minimum Gasteiger partial charge on any atom is -0.469 e. The van der Waals surface area contributed by atoms with Crippen LogP contribution in [0.5, 0.6) is 0 Å². The van der Waals surface area contributed by atoms with Crippen LogP contribution in [0.25, 0.3) is 0 Å². The minimum absolute atomic E-state index is 0.149. The number of anilines is 1. The van der Waals surface area contributed by atoms with E-state index in [0.29, 0.717) is 35.0 Å². The summed E-state index contributed by atoms with van der Waals surface area (Å²) >= 11 is 0. The van der Waals surface area contributed by atoms with Crippen LogP contribution >= 0.6 is 0 Å². The summed E-state index contributed by atoms with van der Waals surface area (Å²) in [7, 11) is 0. The van der Waals surface area contributed by atoms with Crippen molar-refractivity contribution < 1.29 is 14.0 Å². The Morgan fingerprint density at radius 2 is 1.95 bits per heavy atom. The van der Waals surface area contributed by atoms with Gasteiger partial charge in [0.2, 0.25) is 0 Å². The van der Waals surface area contributed by atoms with Gasteiger partial charge in [0.1, 0.15) is 5.76 Å². The molecule has 22 heavy (non-hydrogen) atoms. The topological polar surface area (TPSA) is 71.3 Å². The molecular weight excluding hydrogens is 280 g/mol. The number of furan rings is 1. The average Bonchev–Trinajstić information content (AvgIpc) is 2.91. The van der Waals surface area contributed by atoms with Gasteiger partial charge >= 0.3 is 0 Å². The van der Waals surface area contributed by atoms with Crippen molar-refractivity contribution in [3.05, 3.63) is 53.5 Å². The van der Waals surface area contributed by atoms with Crippen LogP contribution in [0.1, 0.15) is 40.3 Å². The molecule has 2 N–H and O–H groups in total. The van der Waals surface area contributed by atoms with Gasteiger partial charge in [-0.1, -0.05) is 19.9 Å². The van der Waals surface area contributed by atoms with E-state index in [9.17, 15) is 9.59 Å². The monoisotopic (exact) mass is 300 g/mol. The van der Waals surface area contributed by atoms with Gasteiger partial charge in [-0.05, 0) is 37.1 Å². The zero-order chi connectivity index (χ0) is 16.1. The Labute approximate surface area is 129 Å². The lowest BCUT2D eigenvalue weighted by molar-refractivity contribution is 0.0947. The Bertz CT molecular complexity index is 674. The van der Waals surface area contributed by atoms with Gasteiger partial charge in [0.25, 0.3) is 11.8 Å². The first kappa shape index (κ1) is 15.8. The maximum absolute atomic E-state index is 12.1. The molecule has 1 heterocycles. The Morgan fingerprint density at radius 3 is 2.59 bits per heavy atom. The largest absolute Gasteiger partial charge is 0.469 e. The van der Waals surface area contributed by atoms with Crippen LogP contribution in [0, 0.1) is 12.8 Å². The molecule has 0 fully saturated rings. The summed E-state index contributed by atoms with van der Waals surface area (Å²) in [6.45, 7) is 6.41. The lowest BCUT2D eigenvalue weighted by atomic mass is 10.1. The van der Waals surface area contributed by atoms with Gasteiger partial charge in [-0.15, -0.1) is 0 Å². The molecule has 0 saturated heterocycles. The number of nitrogens with one attached hydrogen (secondary N) is 2. The van der Waals surface area contributed by atoms with Crippen molar-refractivity contribution in [3.63, 3.8) is 0 Å². The molecular formula is C17H20N2O3. The highest BCUT2D eigenvalue weighted by Gasteiger charge is 2.12. The molecule has 2 aromatic rings. The van der Waals surface area contributed by atoms with Crippen molar-refractivity contribution in [1.82, 2.24) is 5.32 Å². The SMILES string of the molecule is Cc1occc1C(=O)Nc1cccc(C(=O)NCC(C)C)c1. The summed E-state index contributed by atoms with van der Waals surface area (Å²) in [6, 6.07) is 8.47. The Morgan fingerprint density at radius 1 is 1.18 bits per heavy atom. The molecule has 2 amide bonds. The summed E-state index contributed by atoms with van der Waals surface area (Å²) in [6.07, 6.45) is 1.47. The zero-order valence-corrected chi connectivity index (χ0v) is 13.0. The number of carbonyl (C=O) groups excluding carboxylic acids is 2. The van der Waals surface area contributed by atoms with E-state index in [4.69, 9.17) is 4.42 Å². The quantitative estimate of drug-likeness (QED) is 0.890. The summed E-state index contributed by atoms with van der Waals surface area (Å²) in [5.74, 6) is 0.537. The van der Waals surface area contributed by atoms with Gasteiger partial charge in [0.15, 0.2) is 0 Å². The molecule has 5 nitrogen and oxygen atoms in total. The fourth-order valence-corrected chi connectivity index (χ4v) is 1.96. The van der Waals surface area contributed by atoms with Crippen molar-refractivity contribution in [3.8, 4) is 0 Å². The Balaban J connectivity index is 2.07. The molecule has 1 aromatic heterocycles. The molecule has 0 aliphatic rings. The Hall–Kier alpha value is -2.56. The van der Waals surface area contributed by atoms with Crippen LogP contribution in [0.15, 0.2) is 41.0 Å². The van der Waals surface area contributed by atoms with Crippen LogP contribution in [-0.4, -0.2) is 18.4 Å². The maximum atomic E-state index is 12.1. The van der Waals surface area contributed by atoms with E-state index in [1.807, 2.05) is 13.8 Å². The highest BCUT2D eigenvalue weighted by Crippen LogP contribution is 2.15. The van der Waals surface area contributed by atoms with Crippen LogP contribution in [0.2, 0.25) is 0 Å². The lowest BCUT2D eigenvalue weighted by Crippen LogP contribution is -2.27. The van der Waals surface area contributed by atoms with E-state index in [1.165, 1.54) is 6.26 Å². The number of aryl methyl sites for hydroxylation is 1. The molecule has 0 radical (unpaired) electrons. The van der Waals surface area contributed by atoms with E-state index >= 15 is 0 Å². The van der Waals surface area contributed by atoms with Gasteiger partial charge in [-0.2, -0.15) is 0 Å². The molecule has 116 valence electrons. The molecule has 1 aromatic carbocycles. The van der Waals surface area contributed by atoms with Gasteiger partial charge < -0.3 is 15.1 Å². The minimum atomic E-state index is -0.258. The zero-order valence-electron chi connectivity index (χ0n) is 13.0. The predicted molar refractivity (Wildman–Crippen MR) is 85.0 cm³/mol. The first-order valence-electron chi connectivity index (χ1n) is 7.21. The normalized spacial score (nSPS) is 10.5. The van der Waals surface area contributed by atoms with Crippen LogP contribution in [0.4, 0.5) is 5.69 Å². The van der Waals surface area contributed by atoms with Crippen LogP contribution in [0.3, 0.4) is 0 Å². The summed E-state index contributed by atoms with van der Waals surface area (Å²) in [4.78, 5) is 24.2. The second-order valence-electron chi connectivity index (χ2n) is 5.53. The van der Waals surface area contributed by atoms with Crippen LogP contribution < -0.4 is 10.6 Å². The number of hydrogen-bond donors (Lipinski definition) is 2. The number of carbonyl (C=O) groups is 2. The smallest absolute Gasteiger partial charge is 0.259 e. The average molecular weight is 300 g/mol. The molecule has 0 atom stereocenters. The summed E-state index contributed by atoms with van der Waals surface area (Å²) in [5, 5.41) is 5.62. The highest BCUT2D eigenvalue weighted by atomic mass is 16.3. The van der Waals surface area contributed by atoms with E-state index < -0.39 is 0 Å². The third-order valence-electron chi connectivity index (χ3n) is 3.16. The molecule has 2 rings (SSSR count). The second-order valence-corrected chi connectivity index (χ2v) is 5.53. The predicted octanol–water partition coefficient (Wildman–Crippen LogP) is 3.23. The van der Waals surface area contributed by atoms with Crippen molar-refractivity contribution in [1.29, 1.82) is 0 Å². The number of amides is 2. The number of rotatable bonds is 5. The van der Waals surface area contributed by atoms with Gasteiger partial charge in [-0.25, -0.2) is 0 Å². The maximum Gasteiger partial charge on any atom is 0.259 e. The van der Waals surface area contributed by atoms with Crippen LogP contribution in [-0.2, 0) is 0 Å². The van der Waals surface area contributed by atoms with Crippen molar-refractivity contribution >= 4 is 17.5 Å². The summed E-state index contributed by atoms with van der Waals surface area (Å²) in [5.41, 5.74) is 1.57. The fraction of sp³-hybridized carbons (Fsp3) is 0.294. The molecule has 0 unspecified atom stereocenters. The standard InChI is InChI=1S/C17H20N2O3/c1-11(2)10-18-16(20)13-5-4-6-14(9-13)19-17(21)15-7-8-22-12(15)3/h4-9,11H,10H2,1-3H3,(H,18,20)(H,19,21). The van der Waals surface area contributed by atoms with E-state index in [-0.39, 0.29) is 11.8 Å². The van der Waals surface area contributed by atoms with Gasteiger partial charge in [-0.3, -0.25) is 9.59 Å². The summed E-state index contributed by atoms with van der Waals surface area (Å²) < 4.78 is 5.11. The number of hydrogen-bond acceptors (Lipinski definition) is 3.